The van der Waals surface area contributed by atoms with Gasteiger partial charge in [0.2, 0.25) is 10.0 Å². The van der Waals surface area contributed by atoms with Gasteiger partial charge >= 0.3 is 5.97 Å². The lowest BCUT2D eigenvalue weighted by atomic mass is 10.1. The maximum absolute atomic E-state index is 11.9. The van der Waals surface area contributed by atoms with E-state index in [4.69, 9.17) is 10.2 Å². The molecule has 0 aliphatic heterocycles. The summed E-state index contributed by atoms with van der Waals surface area (Å²) in [6.45, 7) is 2.75. The molecule has 0 spiro atoms. The Morgan fingerprint density at radius 3 is 2.56 bits per heavy atom. The molecule has 0 bridgehead atoms. The van der Waals surface area contributed by atoms with Crippen LogP contribution in [0.5, 0.6) is 0 Å². The van der Waals surface area contributed by atoms with Crippen LogP contribution in [0.2, 0.25) is 0 Å². The van der Waals surface area contributed by atoms with E-state index in [9.17, 15) is 13.2 Å². The SMILES string of the molecule is Cc1ccc(S(=O)(=O)N[C@@H](C)CO)cc1C(=O)O. The monoisotopic (exact) mass is 273 g/mol. The van der Waals surface area contributed by atoms with Crippen LogP contribution in [0.4, 0.5) is 0 Å². The van der Waals surface area contributed by atoms with E-state index < -0.39 is 22.0 Å². The fourth-order valence-electron chi connectivity index (χ4n) is 1.37. The molecule has 100 valence electrons. The van der Waals surface area contributed by atoms with Crippen molar-refractivity contribution < 1.29 is 23.4 Å². The lowest BCUT2D eigenvalue weighted by molar-refractivity contribution is 0.0696. The van der Waals surface area contributed by atoms with Crippen molar-refractivity contribution >= 4 is 16.0 Å². The fraction of sp³-hybridized carbons (Fsp3) is 0.364. The molecule has 1 aromatic rings. The molecule has 0 aliphatic rings. The third kappa shape index (κ3) is 3.28. The molecule has 18 heavy (non-hydrogen) atoms. The van der Waals surface area contributed by atoms with Crippen LogP contribution in [0.3, 0.4) is 0 Å². The second-order valence-electron chi connectivity index (χ2n) is 3.99. The number of rotatable bonds is 5. The average molecular weight is 273 g/mol. The van der Waals surface area contributed by atoms with Crippen molar-refractivity contribution in [3.8, 4) is 0 Å². The largest absolute Gasteiger partial charge is 0.478 e. The summed E-state index contributed by atoms with van der Waals surface area (Å²) in [5.74, 6) is -1.18. The minimum atomic E-state index is -3.82. The zero-order valence-corrected chi connectivity index (χ0v) is 10.9. The zero-order chi connectivity index (χ0) is 13.9. The van der Waals surface area contributed by atoms with Gasteiger partial charge < -0.3 is 10.2 Å². The number of nitrogens with one attached hydrogen (secondary N) is 1. The summed E-state index contributed by atoms with van der Waals surface area (Å²) < 4.78 is 26.0. The Balaban J connectivity index is 3.18. The summed E-state index contributed by atoms with van der Waals surface area (Å²) in [7, 11) is -3.82. The number of benzene rings is 1. The molecule has 0 saturated heterocycles. The van der Waals surface area contributed by atoms with E-state index in [1.165, 1.54) is 19.1 Å². The number of sulfonamides is 1. The van der Waals surface area contributed by atoms with Gasteiger partial charge in [0, 0.05) is 6.04 Å². The predicted molar refractivity (Wildman–Crippen MR) is 65.0 cm³/mol. The molecule has 1 rings (SSSR count). The molecular formula is C11H15NO5S. The van der Waals surface area contributed by atoms with E-state index in [0.29, 0.717) is 5.56 Å². The highest BCUT2D eigenvalue weighted by molar-refractivity contribution is 7.89. The molecule has 0 amide bonds. The maximum atomic E-state index is 11.9. The van der Waals surface area contributed by atoms with Crippen molar-refractivity contribution in [2.75, 3.05) is 6.61 Å². The molecular weight excluding hydrogens is 258 g/mol. The molecule has 0 radical (unpaired) electrons. The van der Waals surface area contributed by atoms with E-state index in [-0.39, 0.29) is 17.1 Å². The first-order valence-electron chi connectivity index (χ1n) is 5.25. The topological polar surface area (TPSA) is 104 Å². The maximum Gasteiger partial charge on any atom is 0.335 e. The van der Waals surface area contributed by atoms with Gasteiger partial charge in [0.15, 0.2) is 0 Å². The Morgan fingerprint density at radius 2 is 2.06 bits per heavy atom. The van der Waals surface area contributed by atoms with Crippen LogP contribution >= 0.6 is 0 Å². The summed E-state index contributed by atoms with van der Waals surface area (Å²) in [6.07, 6.45) is 0. The number of aliphatic hydroxyl groups excluding tert-OH is 1. The van der Waals surface area contributed by atoms with Crippen molar-refractivity contribution in [1.29, 1.82) is 0 Å². The number of carboxylic acids is 1. The number of hydrogen-bond acceptors (Lipinski definition) is 4. The van der Waals surface area contributed by atoms with Gasteiger partial charge in [-0.15, -0.1) is 0 Å². The molecule has 0 heterocycles. The van der Waals surface area contributed by atoms with Gasteiger partial charge in [0.1, 0.15) is 0 Å². The first kappa shape index (κ1) is 14.6. The van der Waals surface area contributed by atoms with Crippen LogP contribution in [0.15, 0.2) is 23.1 Å². The Hall–Kier alpha value is -1.44. The first-order chi connectivity index (χ1) is 8.27. The standard InChI is InChI=1S/C11H15NO5S/c1-7-3-4-9(5-10(7)11(14)15)18(16,17)12-8(2)6-13/h3-5,8,12-13H,6H2,1-2H3,(H,14,15)/t8-/m0/s1. The van der Waals surface area contributed by atoms with Crippen molar-refractivity contribution in [2.45, 2.75) is 24.8 Å². The van der Waals surface area contributed by atoms with Gasteiger partial charge in [-0.1, -0.05) is 6.07 Å². The lowest BCUT2D eigenvalue weighted by Crippen LogP contribution is -2.35. The quantitative estimate of drug-likeness (QED) is 0.718. The van der Waals surface area contributed by atoms with E-state index in [2.05, 4.69) is 4.72 Å². The van der Waals surface area contributed by atoms with Crippen LogP contribution in [-0.4, -0.2) is 37.2 Å². The summed E-state index contributed by atoms with van der Waals surface area (Å²) in [5.41, 5.74) is 0.422. The summed E-state index contributed by atoms with van der Waals surface area (Å²) in [6, 6.07) is 3.23. The van der Waals surface area contributed by atoms with E-state index in [1.807, 2.05) is 0 Å². The van der Waals surface area contributed by atoms with Gasteiger partial charge in [0.25, 0.3) is 0 Å². The number of carboxylic acid groups (broad SMARTS) is 1. The summed E-state index contributed by atoms with van der Waals surface area (Å²) in [5, 5.41) is 17.7. The van der Waals surface area contributed by atoms with Crippen molar-refractivity contribution in [3.05, 3.63) is 29.3 Å². The number of aromatic carboxylic acids is 1. The van der Waals surface area contributed by atoms with Gasteiger partial charge in [-0.05, 0) is 31.5 Å². The zero-order valence-electron chi connectivity index (χ0n) is 10.0. The molecule has 0 aliphatic carbocycles. The average Bonchev–Trinajstić information content (AvgIpc) is 2.28. The van der Waals surface area contributed by atoms with E-state index in [1.54, 1.807) is 6.92 Å². The first-order valence-corrected chi connectivity index (χ1v) is 6.73. The molecule has 1 atom stereocenters. The van der Waals surface area contributed by atoms with Gasteiger partial charge in [-0.3, -0.25) is 0 Å². The Labute approximate surface area is 105 Å². The number of hydrogen-bond donors (Lipinski definition) is 3. The lowest BCUT2D eigenvalue weighted by Gasteiger charge is -2.12. The van der Waals surface area contributed by atoms with E-state index in [0.717, 1.165) is 6.07 Å². The fourth-order valence-corrected chi connectivity index (χ4v) is 2.63. The second-order valence-corrected chi connectivity index (χ2v) is 5.70. The van der Waals surface area contributed by atoms with Crippen LogP contribution < -0.4 is 4.72 Å². The smallest absolute Gasteiger partial charge is 0.335 e. The molecule has 1 aromatic carbocycles. The highest BCUT2D eigenvalue weighted by Crippen LogP contribution is 2.16. The van der Waals surface area contributed by atoms with Gasteiger partial charge in [-0.2, -0.15) is 0 Å². The highest BCUT2D eigenvalue weighted by atomic mass is 32.2. The Bertz CT molecular complexity index is 553. The number of carbonyl (C=O) groups is 1. The van der Waals surface area contributed by atoms with Crippen LogP contribution in [0.25, 0.3) is 0 Å². The van der Waals surface area contributed by atoms with Crippen molar-refractivity contribution in [1.82, 2.24) is 4.72 Å². The normalized spacial score (nSPS) is 13.3. The molecule has 0 saturated carbocycles. The molecule has 0 fully saturated rings. The second kappa shape index (κ2) is 5.47. The Morgan fingerprint density at radius 1 is 1.44 bits per heavy atom. The van der Waals surface area contributed by atoms with Crippen LogP contribution in [0.1, 0.15) is 22.8 Å². The summed E-state index contributed by atoms with van der Waals surface area (Å²) in [4.78, 5) is 10.8. The minimum Gasteiger partial charge on any atom is -0.478 e. The van der Waals surface area contributed by atoms with Crippen LogP contribution in [-0.2, 0) is 10.0 Å². The Kier molecular flexibility index (Phi) is 4.44. The third-order valence-electron chi connectivity index (χ3n) is 2.38. The molecule has 3 N–H and O–H groups in total. The molecule has 7 heteroatoms. The predicted octanol–water partition coefficient (Wildman–Crippen LogP) is 0.352. The number of aliphatic hydroxyl groups is 1. The van der Waals surface area contributed by atoms with Gasteiger partial charge in [-0.25, -0.2) is 17.9 Å². The third-order valence-corrected chi connectivity index (χ3v) is 3.97. The summed E-state index contributed by atoms with van der Waals surface area (Å²) >= 11 is 0. The van der Waals surface area contributed by atoms with Gasteiger partial charge in [0.05, 0.1) is 17.1 Å². The highest BCUT2D eigenvalue weighted by Gasteiger charge is 2.19. The molecule has 6 nitrogen and oxygen atoms in total. The molecule has 0 unspecified atom stereocenters. The van der Waals surface area contributed by atoms with Crippen molar-refractivity contribution in [2.24, 2.45) is 0 Å². The van der Waals surface area contributed by atoms with E-state index >= 15 is 0 Å². The minimum absolute atomic E-state index is 0.0606. The molecule has 0 aromatic heterocycles. The van der Waals surface area contributed by atoms with Crippen molar-refractivity contribution in [3.63, 3.8) is 0 Å². The number of aryl methyl sites for hydroxylation is 1. The van der Waals surface area contributed by atoms with Crippen LogP contribution in [0, 0.1) is 6.92 Å².